The van der Waals surface area contributed by atoms with Crippen molar-refractivity contribution in [3.63, 3.8) is 0 Å². The molecule has 10 heteroatoms. The van der Waals surface area contributed by atoms with Gasteiger partial charge in [0, 0.05) is 12.6 Å². The highest BCUT2D eigenvalue weighted by Gasteiger charge is 2.21. The van der Waals surface area contributed by atoms with Gasteiger partial charge in [0.2, 0.25) is 15.9 Å². The Morgan fingerprint density at radius 1 is 1.33 bits per heavy atom. The van der Waals surface area contributed by atoms with Gasteiger partial charge in [-0.05, 0) is 42.5 Å². The van der Waals surface area contributed by atoms with Crippen molar-refractivity contribution in [1.29, 1.82) is 0 Å². The lowest BCUT2D eigenvalue weighted by molar-refractivity contribution is -0.130. The summed E-state index contributed by atoms with van der Waals surface area (Å²) in [4.78, 5) is 11.8. The minimum Gasteiger partial charge on any atom is -0.382 e. The number of aliphatic hydroxyl groups excluding tert-OH is 1. The molecular formula is C14H24ClN3O4S2. The van der Waals surface area contributed by atoms with Gasteiger partial charge in [-0.2, -0.15) is 11.8 Å². The Labute approximate surface area is 153 Å². The van der Waals surface area contributed by atoms with Crippen LogP contribution in [0.1, 0.15) is 12.0 Å². The summed E-state index contributed by atoms with van der Waals surface area (Å²) in [6.45, 7) is 0.319. The van der Waals surface area contributed by atoms with Crippen molar-refractivity contribution in [3.8, 4) is 0 Å². The molecular weight excluding hydrogens is 374 g/mol. The summed E-state index contributed by atoms with van der Waals surface area (Å²) in [7, 11) is -3.70. The summed E-state index contributed by atoms with van der Waals surface area (Å²) in [6.07, 6.45) is 1.76. The lowest BCUT2D eigenvalue weighted by atomic mass is 10.1. The molecule has 0 bridgehead atoms. The van der Waals surface area contributed by atoms with Crippen LogP contribution in [0.4, 0.5) is 0 Å². The van der Waals surface area contributed by atoms with Gasteiger partial charge in [0.15, 0.2) is 0 Å². The van der Waals surface area contributed by atoms with E-state index in [1.807, 2.05) is 6.26 Å². The molecule has 0 aliphatic heterocycles. The van der Waals surface area contributed by atoms with Crippen LogP contribution in [0.25, 0.3) is 0 Å². The molecule has 138 valence electrons. The molecule has 1 rings (SSSR count). The van der Waals surface area contributed by atoms with Crippen LogP contribution in [-0.4, -0.2) is 50.1 Å². The molecule has 0 saturated carbocycles. The van der Waals surface area contributed by atoms with Crippen molar-refractivity contribution in [2.24, 2.45) is 10.9 Å². The van der Waals surface area contributed by atoms with E-state index in [1.165, 1.54) is 12.1 Å². The highest BCUT2D eigenvalue weighted by Crippen LogP contribution is 2.09. The number of carbonyl (C=O) groups excluding carboxylic acids is 1. The van der Waals surface area contributed by atoms with Gasteiger partial charge in [0.05, 0.1) is 4.90 Å². The fourth-order valence-electron chi connectivity index (χ4n) is 1.89. The Balaban J connectivity index is 0.00000529. The Morgan fingerprint density at radius 3 is 2.42 bits per heavy atom. The Bertz CT molecular complexity index is 611. The molecule has 0 aliphatic rings. The quantitative estimate of drug-likeness (QED) is 0.457. The highest BCUT2D eigenvalue weighted by atomic mass is 35.5. The maximum atomic E-state index is 11.8. The number of hydrogen-bond acceptors (Lipinski definition) is 6. The van der Waals surface area contributed by atoms with E-state index in [2.05, 4.69) is 5.32 Å². The van der Waals surface area contributed by atoms with Gasteiger partial charge in [-0.3, -0.25) is 4.79 Å². The molecule has 6 N–H and O–H groups in total. The normalized spacial score (nSPS) is 13.7. The molecule has 0 aliphatic carbocycles. The Morgan fingerprint density at radius 2 is 1.92 bits per heavy atom. The number of carbonyl (C=O) groups is 1. The van der Waals surface area contributed by atoms with Crippen molar-refractivity contribution in [2.75, 3.05) is 18.6 Å². The molecule has 1 aromatic carbocycles. The van der Waals surface area contributed by atoms with E-state index in [1.54, 1.807) is 23.9 Å². The molecule has 0 fully saturated rings. The third-order valence-corrected chi connectivity index (χ3v) is 4.87. The summed E-state index contributed by atoms with van der Waals surface area (Å²) < 4.78 is 22.3. The van der Waals surface area contributed by atoms with Gasteiger partial charge >= 0.3 is 0 Å². The second-order valence-corrected chi connectivity index (χ2v) is 7.67. The minimum atomic E-state index is -3.70. The first-order valence-electron chi connectivity index (χ1n) is 7.07. The molecule has 2 atom stereocenters. The molecule has 0 aromatic heterocycles. The number of primary sulfonamides is 1. The second-order valence-electron chi connectivity index (χ2n) is 5.12. The molecule has 0 saturated heterocycles. The Kier molecular flexibility index (Phi) is 10.5. The number of hydrogen-bond donors (Lipinski definition) is 4. The second kappa shape index (κ2) is 10.9. The molecule has 7 nitrogen and oxygen atoms in total. The van der Waals surface area contributed by atoms with Gasteiger partial charge < -0.3 is 16.2 Å². The minimum absolute atomic E-state index is 0. The van der Waals surface area contributed by atoms with E-state index in [0.717, 1.165) is 11.3 Å². The predicted molar refractivity (Wildman–Crippen MR) is 98.8 cm³/mol. The zero-order chi connectivity index (χ0) is 17.5. The van der Waals surface area contributed by atoms with Crippen molar-refractivity contribution in [1.82, 2.24) is 5.32 Å². The number of nitrogens with one attached hydrogen (secondary N) is 1. The molecule has 0 heterocycles. The monoisotopic (exact) mass is 397 g/mol. The number of thioether (sulfide) groups is 1. The number of amides is 1. The van der Waals surface area contributed by atoms with E-state index in [0.29, 0.717) is 19.4 Å². The van der Waals surface area contributed by atoms with E-state index >= 15 is 0 Å². The number of sulfonamides is 1. The Hall–Kier alpha value is -0.840. The van der Waals surface area contributed by atoms with Crippen LogP contribution in [0.15, 0.2) is 29.2 Å². The molecule has 0 spiro atoms. The third-order valence-electron chi connectivity index (χ3n) is 3.29. The topological polar surface area (TPSA) is 136 Å². The molecule has 1 aromatic rings. The highest BCUT2D eigenvalue weighted by molar-refractivity contribution is 7.98. The molecule has 0 radical (unpaired) electrons. The molecule has 1 amide bonds. The van der Waals surface area contributed by atoms with Crippen LogP contribution in [0.3, 0.4) is 0 Å². The van der Waals surface area contributed by atoms with Crippen molar-refractivity contribution >= 4 is 40.1 Å². The van der Waals surface area contributed by atoms with Crippen LogP contribution < -0.4 is 16.2 Å². The van der Waals surface area contributed by atoms with Crippen LogP contribution in [0, 0.1) is 0 Å². The lowest BCUT2D eigenvalue weighted by Crippen LogP contribution is -2.47. The average Bonchev–Trinajstić information content (AvgIpc) is 2.51. The first-order valence-corrected chi connectivity index (χ1v) is 10.0. The maximum Gasteiger partial charge on any atom is 0.250 e. The summed E-state index contributed by atoms with van der Waals surface area (Å²) in [5.74, 6) is 0.279. The molecule has 0 unspecified atom stereocenters. The van der Waals surface area contributed by atoms with E-state index < -0.39 is 28.1 Å². The van der Waals surface area contributed by atoms with Gasteiger partial charge in [-0.15, -0.1) is 12.4 Å². The van der Waals surface area contributed by atoms with Crippen LogP contribution in [-0.2, 0) is 21.2 Å². The standard InChI is InChI=1S/C14H23N3O4S2.ClH/c1-22-9-7-12(15)13(18)14(19)17-8-6-10-2-4-11(5-3-10)23(16,20)21;/h2-5,12-13,18H,6-9,15H2,1H3,(H,17,19)(H2,16,20,21);1H/t12-,13-;/m1./s1. The van der Waals surface area contributed by atoms with Crippen molar-refractivity contribution in [3.05, 3.63) is 29.8 Å². The van der Waals surface area contributed by atoms with Gasteiger partial charge in [0.25, 0.3) is 0 Å². The zero-order valence-corrected chi connectivity index (χ0v) is 15.8. The van der Waals surface area contributed by atoms with Crippen molar-refractivity contribution < 1.29 is 18.3 Å². The fraction of sp³-hybridized carbons (Fsp3) is 0.500. The maximum absolute atomic E-state index is 11.8. The van der Waals surface area contributed by atoms with Crippen LogP contribution in [0.5, 0.6) is 0 Å². The number of benzene rings is 1. The zero-order valence-electron chi connectivity index (χ0n) is 13.3. The summed E-state index contributed by atoms with van der Waals surface area (Å²) in [5.41, 5.74) is 6.60. The fourth-order valence-corrected chi connectivity index (χ4v) is 2.91. The SMILES string of the molecule is CSCC[C@@H](N)[C@@H](O)C(=O)NCCc1ccc(S(N)(=O)=O)cc1.Cl. The molecule has 24 heavy (non-hydrogen) atoms. The summed E-state index contributed by atoms with van der Waals surface area (Å²) in [5, 5.41) is 17.4. The third kappa shape index (κ3) is 7.82. The lowest BCUT2D eigenvalue weighted by Gasteiger charge is -2.18. The van der Waals surface area contributed by atoms with E-state index in [9.17, 15) is 18.3 Å². The number of aliphatic hydroxyl groups is 1. The van der Waals surface area contributed by atoms with Crippen LogP contribution in [0.2, 0.25) is 0 Å². The number of rotatable bonds is 9. The summed E-state index contributed by atoms with van der Waals surface area (Å²) in [6, 6.07) is 5.51. The first-order chi connectivity index (χ1) is 10.8. The predicted octanol–water partition coefficient (Wildman–Crippen LogP) is -0.144. The summed E-state index contributed by atoms with van der Waals surface area (Å²) >= 11 is 1.60. The van der Waals surface area contributed by atoms with Crippen LogP contribution >= 0.6 is 24.2 Å². The number of halogens is 1. The largest absolute Gasteiger partial charge is 0.382 e. The van der Waals surface area contributed by atoms with E-state index in [4.69, 9.17) is 10.9 Å². The number of nitrogens with two attached hydrogens (primary N) is 2. The van der Waals surface area contributed by atoms with Gasteiger partial charge in [-0.25, -0.2) is 13.6 Å². The van der Waals surface area contributed by atoms with E-state index in [-0.39, 0.29) is 17.3 Å². The van der Waals surface area contributed by atoms with Gasteiger partial charge in [0.1, 0.15) is 6.10 Å². The smallest absolute Gasteiger partial charge is 0.250 e. The van der Waals surface area contributed by atoms with Gasteiger partial charge in [-0.1, -0.05) is 12.1 Å². The van der Waals surface area contributed by atoms with Crippen molar-refractivity contribution in [2.45, 2.75) is 29.9 Å². The average molecular weight is 398 g/mol. The first kappa shape index (κ1) is 23.2.